The Balaban J connectivity index is 2.50. The largest absolute Gasteiger partial charge is 0.497 e. The van der Waals surface area contributed by atoms with Gasteiger partial charge in [-0.25, -0.2) is 14.2 Å². The molecule has 0 bridgehead atoms. The number of rotatable bonds is 4. The van der Waals surface area contributed by atoms with Crippen LogP contribution in [0.3, 0.4) is 0 Å². The van der Waals surface area contributed by atoms with Crippen LogP contribution >= 0.6 is 15.9 Å². The van der Waals surface area contributed by atoms with Gasteiger partial charge in [-0.2, -0.15) is 0 Å². The van der Waals surface area contributed by atoms with Crippen LogP contribution in [0.1, 0.15) is 17.2 Å². The summed E-state index contributed by atoms with van der Waals surface area (Å²) < 4.78 is 32.9. The number of ether oxygens (including phenoxy) is 1. The third-order valence-corrected chi connectivity index (χ3v) is 3.81. The van der Waals surface area contributed by atoms with Crippen molar-refractivity contribution in [1.82, 2.24) is 5.43 Å². The second kappa shape index (κ2) is 6.30. The topological polar surface area (TPSA) is 47.3 Å². The van der Waals surface area contributed by atoms with Crippen LogP contribution in [-0.2, 0) is 0 Å². The zero-order valence-electron chi connectivity index (χ0n) is 10.7. The molecule has 0 aliphatic carbocycles. The molecule has 0 aliphatic rings. The summed E-state index contributed by atoms with van der Waals surface area (Å²) in [6, 6.07) is 8.28. The van der Waals surface area contributed by atoms with Crippen LogP contribution in [-0.4, -0.2) is 7.11 Å². The molecule has 2 aromatic carbocycles. The Hall–Kier alpha value is -1.50. The van der Waals surface area contributed by atoms with Gasteiger partial charge in [-0.05, 0) is 33.6 Å². The summed E-state index contributed by atoms with van der Waals surface area (Å²) in [6.07, 6.45) is 0. The van der Waals surface area contributed by atoms with Gasteiger partial charge in [0, 0.05) is 11.6 Å². The smallest absolute Gasteiger partial charge is 0.137 e. The number of methoxy groups -OCH3 is 1. The van der Waals surface area contributed by atoms with E-state index < -0.39 is 17.7 Å². The highest BCUT2D eigenvalue weighted by atomic mass is 79.9. The molecule has 0 fully saturated rings. The lowest BCUT2D eigenvalue weighted by atomic mass is 9.98. The van der Waals surface area contributed by atoms with E-state index in [1.165, 1.54) is 19.2 Å². The number of nitrogens with one attached hydrogen (secondary N) is 1. The zero-order valence-corrected chi connectivity index (χ0v) is 12.2. The molecule has 2 rings (SSSR count). The molecule has 0 heterocycles. The fraction of sp³-hybridized carbons (Fsp3) is 0.143. The number of hydrogen-bond donors (Lipinski definition) is 2. The minimum Gasteiger partial charge on any atom is -0.497 e. The summed E-state index contributed by atoms with van der Waals surface area (Å²) in [4.78, 5) is 0. The molecular weight excluding hydrogens is 330 g/mol. The maximum atomic E-state index is 14.1. The average molecular weight is 343 g/mol. The molecule has 106 valence electrons. The molecule has 0 radical (unpaired) electrons. The van der Waals surface area contributed by atoms with Crippen molar-refractivity contribution >= 4 is 15.9 Å². The number of benzene rings is 2. The highest BCUT2D eigenvalue weighted by Crippen LogP contribution is 2.32. The molecule has 0 amide bonds. The van der Waals surface area contributed by atoms with Crippen molar-refractivity contribution in [2.45, 2.75) is 6.04 Å². The van der Waals surface area contributed by atoms with Gasteiger partial charge < -0.3 is 4.74 Å². The van der Waals surface area contributed by atoms with E-state index in [2.05, 4.69) is 21.4 Å². The minimum atomic E-state index is -0.675. The van der Waals surface area contributed by atoms with Gasteiger partial charge in [0.25, 0.3) is 0 Å². The first kappa shape index (κ1) is 14.9. The molecule has 3 nitrogen and oxygen atoms in total. The molecule has 1 atom stereocenters. The van der Waals surface area contributed by atoms with E-state index in [0.29, 0.717) is 16.9 Å². The lowest BCUT2D eigenvalue weighted by molar-refractivity contribution is 0.410. The Morgan fingerprint density at radius 2 is 1.90 bits per heavy atom. The second-order valence-electron chi connectivity index (χ2n) is 4.13. The fourth-order valence-electron chi connectivity index (χ4n) is 1.96. The highest BCUT2D eigenvalue weighted by molar-refractivity contribution is 9.10. The van der Waals surface area contributed by atoms with Crippen molar-refractivity contribution in [2.75, 3.05) is 7.11 Å². The van der Waals surface area contributed by atoms with E-state index in [9.17, 15) is 8.78 Å². The third-order valence-electron chi connectivity index (χ3n) is 2.98. The van der Waals surface area contributed by atoms with Crippen molar-refractivity contribution < 1.29 is 13.5 Å². The van der Waals surface area contributed by atoms with Crippen LogP contribution in [0.15, 0.2) is 40.9 Å². The monoisotopic (exact) mass is 342 g/mol. The lowest BCUT2D eigenvalue weighted by Crippen LogP contribution is -2.30. The van der Waals surface area contributed by atoms with Crippen molar-refractivity contribution in [3.05, 3.63) is 63.6 Å². The molecule has 0 aromatic heterocycles. The standard InChI is InChI=1S/C14H13BrF2N2O/c1-20-8-5-6-9(12(17)7-8)14(19-18)10-3-2-4-11(16)13(10)15/h2-7,14,19H,18H2,1H3. The third kappa shape index (κ3) is 2.82. The summed E-state index contributed by atoms with van der Waals surface area (Å²) in [5.41, 5.74) is 3.32. The lowest BCUT2D eigenvalue weighted by Gasteiger charge is -2.19. The SMILES string of the molecule is COc1ccc(C(NN)c2cccc(F)c2Br)c(F)c1. The molecule has 0 saturated heterocycles. The van der Waals surface area contributed by atoms with Gasteiger partial charge in [-0.1, -0.05) is 18.2 Å². The fourth-order valence-corrected chi connectivity index (χ4v) is 2.45. The van der Waals surface area contributed by atoms with Gasteiger partial charge in [0.15, 0.2) is 0 Å². The molecule has 6 heteroatoms. The Labute approximate surface area is 123 Å². The predicted molar refractivity (Wildman–Crippen MR) is 76.2 cm³/mol. The number of halogens is 3. The van der Waals surface area contributed by atoms with Crippen molar-refractivity contribution in [2.24, 2.45) is 5.84 Å². The van der Waals surface area contributed by atoms with Crippen molar-refractivity contribution in [3.63, 3.8) is 0 Å². The first-order valence-corrected chi connectivity index (χ1v) is 6.61. The van der Waals surface area contributed by atoms with Crippen LogP contribution in [0.5, 0.6) is 5.75 Å². The maximum absolute atomic E-state index is 14.1. The number of hydrazine groups is 1. The Kier molecular flexibility index (Phi) is 4.69. The van der Waals surface area contributed by atoms with Gasteiger partial charge in [-0.3, -0.25) is 5.84 Å². The summed E-state index contributed by atoms with van der Waals surface area (Å²) in [6.45, 7) is 0. The number of hydrogen-bond acceptors (Lipinski definition) is 3. The van der Waals surface area contributed by atoms with Crippen molar-refractivity contribution in [3.8, 4) is 5.75 Å². The summed E-state index contributed by atoms with van der Waals surface area (Å²) in [7, 11) is 1.45. The van der Waals surface area contributed by atoms with E-state index in [1.807, 2.05) is 0 Å². The van der Waals surface area contributed by atoms with E-state index in [1.54, 1.807) is 24.3 Å². The van der Waals surface area contributed by atoms with Gasteiger partial charge in [-0.15, -0.1) is 0 Å². The summed E-state index contributed by atoms with van der Waals surface area (Å²) >= 11 is 3.15. The molecule has 1 unspecified atom stereocenters. The molecule has 0 spiro atoms. The van der Waals surface area contributed by atoms with Crippen LogP contribution in [0.25, 0.3) is 0 Å². The normalized spacial score (nSPS) is 12.2. The van der Waals surface area contributed by atoms with Gasteiger partial charge in [0.2, 0.25) is 0 Å². The van der Waals surface area contributed by atoms with Crippen LogP contribution in [0, 0.1) is 11.6 Å². The Morgan fingerprint density at radius 1 is 1.15 bits per heavy atom. The molecule has 3 N–H and O–H groups in total. The van der Waals surface area contributed by atoms with Gasteiger partial charge in [0.1, 0.15) is 17.4 Å². The highest BCUT2D eigenvalue weighted by Gasteiger charge is 2.20. The molecule has 0 aliphatic heterocycles. The van der Waals surface area contributed by atoms with Gasteiger partial charge >= 0.3 is 0 Å². The van der Waals surface area contributed by atoms with E-state index in [-0.39, 0.29) is 4.47 Å². The molecule has 20 heavy (non-hydrogen) atoms. The average Bonchev–Trinajstić information content (AvgIpc) is 2.45. The predicted octanol–water partition coefficient (Wildman–Crippen LogP) is 3.29. The van der Waals surface area contributed by atoms with Crippen molar-refractivity contribution in [1.29, 1.82) is 0 Å². The first-order valence-electron chi connectivity index (χ1n) is 5.82. The van der Waals surface area contributed by atoms with Crippen LogP contribution in [0.2, 0.25) is 0 Å². The summed E-state index contributed by atoms with van der Waals surface area (Å²) in [5.74, 6) is 4.99. The second-order valence-corrected chi connectivity index (χ2v) is 4.92. The van der Waals surface area contributed by atoms with E-state index >= 15 is 0 Å². The molecule has 2 aromatic rings. The Morgan fingerprint density at radius 3 is 2.50 bits per heavy atom. The van der Waals surface area contributed by atoms with E-state index in [0.717, 1.165) is 0 Å². The zero-order chi connectivity index (χ0) is 14.7. The quantitative estimate of drug-likeness (QED) is 0.662. The minimum absolute atomic E-state index is 0.248. The number of nitrogens with two attached hydrogens (primary N) is 1. The Bertz CT molecular complexity index is 622. The van der Waals surface area contributed by atoms with E-state index in [4.69, 9.17) is 10.6 Å². The summed E-state index contributed by atoms with van der Waals surface area (Å²) in [5, 5.41) is 0. The molecule has 0 saturated carbocycles. The van der Waals surface area contributed by atoms with Crippen LogP contribution < -0.4 is 16.0 Å². The first-order chi connectivity index (χ1) is 9.58. The molecular formula is C14H13BrF2N2O. The van der Waals surface area contributed by atoms with Gasteiger partial charge in [0.05, 0.1) is 17.6 Å². The maximum Gasteiger partial charge on any atom is 0.137 e. The van der Waals surface area contributed by atoms with Crippen LogP contribution in [0.4, 0.5) is 8.78 Å².